The van der Waals surface area contributed by atoms with E-state index in [4.69, 9.17) is 0 Å². The Balaban J connectivity index is 0.000000853. The largest absolute Gasteiger partial charge is 0.543 e. The third kappa shape index (κ3) is 1.63. The summed E-state index contributed by atoms with van der Waals surface area (Å²) in [6, 6.07) is 15.9. The fraction of sp³-hybridized carbons (Fsp3) is 0. The molecule has 0 amide bonds. The van der Waals surface area contributed by atoms with Crippen molar-refractivity contribution in [3.05, 3.63) is 48.5 Å². The molecule has 1 N–H and O–H groups in total. The zero-order chi connectivity index (χ0) is 9.54. The molecule has 3 rings (SSSR count). The van der Waals surface area contributed by atoms with Crippen LogP contribution in [0, 0.1) is 46.9 Å². The fourth-order valence-electron chi connectivity index (χ4n) is 1.99. The van der Waals surface area contributed by atoms with Crippen molar-refractivity contribution >= 4 is 21.5 Å². The van der Waals surface area contributed by atoms with Gasteiger partial charge >= 0.3 is 0 Å². The Bertz CT molecular complexity index is 557. The van der Waals surface area contributed by atoms with Crippen LogP contribution >= 0.6 is 0 Å². The van der Waals surface area contributed by atoms with Crippen molar-refractivity contribution in [1.29, 1.82) is 0 Å². The van der Waals surface area contributed by atoms with Gasteiger partial charge in [-0.25, -0.2) is 0 Å². The van der Waals surface area contributed by atoms with E-state index in [1.165, 1.54) is 0 Å². The van der Waals surface area contributed by atoms with Crippen molar-refractivity contribution in [1.82, 2.24) is 0 Å². The van der Waals surface area contributed by atoms with Crippen LogP contribution in [-0.4, -0.2) is 5.11 Å². The average molecular weight is 354 g/mol. The molecule has 0 heterocycles. The monoisotopic (exact) mass is 355 g/mol. The van der Waals surface area contributed by atoms with Gasteiger partial charge in [0.2, 0.25) is 0 Å². The third-order valence-corrected chi connectivity index (χ3v) is 2.65. The summed E-state index contributed by atoms with van der Waals surface area (Å²) in [5, 5.41) is 14.1. The van der Waals surface area contributed by atoms with Crippen LogP contribution < -0.4 is 0 Å². The fourth-order valence-corrected chi connectivity index (χ4v) is 1.99. The Hall–Kier alpha value is -0.371. The van der Waals surface area contributed by atoms with Gasteiger partial charge in [-0.15, -0.1) is 22.9 Å². The topological polar surface area (TPSA) is 20.2 Å². The van der Waals surface area contributed by atoms with E-state index in [9.17, 15) is 5.11 Å². The van der Waals surface area contributed by atoms with Crippen molar-refractivity contribution < 1.29 is 52.0 Å². The van der Waals surface area contributed by atoms with Crippen molar-refractivity contribution in [3.8, 4) is 5.75 Å². The summed E-state index contributed by atoms with van der Waals surface area (Å²) in [7, 11) is 0. The van der Waals surface area contributed by atoms with E-state index in [1.54, 1.807) is 0 Å². The molecule has 0 bridgehead atoms. The maximum absolute atomic E-state index is 9.95. The van der Waals surface area contributed by atoms with Crippen molar-refractivity contribution in [3.63, 3.8) is 0 Å². The molecule has 0 saturated heterocycles. The van der Waals surface area contributed by atoms with E-state index < -0.39 is 0 Å². The van der Waals surface area contributed by atoms with E-state index in [0.29, 0.717) is 5.75 Å². The zero-order valence-corrected chi connectivity index (χ0v) is 9.55. The summed E-state index contributed by atoms with van der Waals surface area (Å²) in [5.74, 6) is 0.399. The van der Waals surface area contributed by atoms with E-state index in [2.05, 4.69) is 0 Å². The van der Waals surface area contributed by atoms with E-state index in [-0.39, 0.29) is 46.9 Å². The normalized spacial score (nSPS) is 10.4. The van der Waals surface area contributed by atoms with Crippen LogP contribution in [0.25, 0.3) is 21.5 Å². The average Bonchev–Trinajstić information content (AvgIpc) is 2.55. The first-order valence-electron chi connectivity index (χ1n) is 4.63. The molecule has 82 valence electrons. The first-order chi connectivity index (χ1) is 6.88. The van der Waals surface area contributed by atoms with Crippen molar-refractivity contribution in [2.24, 2.45) is 0 Å². The molecule has 0 atom stereocenters. The zero-order valence-electron chi connectivity index (χ0n) is 7.83. The molecule has 0 aliphatic rings. The van der Waals surface area contributed by atoms with Gasteiger partial charge in [-0.05, 0) is 0 Å². The van der Waals surface area contributed by atoms with Gasteiger partial charge in [-0.2, -0.15) is 0 Å². The van der Waals surface area contributed by atoms with Crippen LogP contribution in [-0.2, 0) is 0 Å². The first kappa shape index (κ1) is 11.1. The van der Waals surface area contributed by atoms with Crippen molar-refractivity contribution in [2.75, 3.05) is 0 Å². The Morgan fingerprint density at radius 3 is 1.60 bits per heavy atom. The molecule has 0 aliphatic carbocycles. The molecule has 0 radical (unpaired) electrons. The maximum atomic E-state index is 9.95. The van der Waals surface area contributed by atoms with Crippen LogP contribution in [0.2, 0.25) is 0 Å². The van der Waals surface area contributed by atoms with E-state index in [0.717, 1.165) is 21.5 Å². The molecule has 3 aromatic rings. The van der Waals surface area contributed by atoms with Crippen LogP contribution in [0.1, 0.15) is 0 Å². The standard InChI is InChI=1S/C13H9O.Yb/c14-13-11-7-3-1-5-9(11)10-6-2-4-8-12(10)13;/h1-8,14H;/q-1;. The van der Waals surface area contributed by atoms with Gasteiger partial charge in [0.25, 0.3) is 0 Å². The van der Waals surface area contributed by atoms with Crippen molar-refractivity contribution in [2.45, 2.75) is 0 Å². The van der Waals surface area contributed by atoms with Gasteiger partial charge in [-0.1, -0.05) is 47.2 Å². The molecule has 0 fully saturated rings. The van der Waals surface area contributed by atoms with Crippen LogP contribution in [0.5, 0.6) is 5.75 Å². The molecule has 0 spiro atoms. The Labute approximate surface area is 126 Å². The number of hydrogen-bond acceptors (Lipinski definition) is 1. The van der Waals surface area contributed by atoms with Gasteiger partial charge in [0.15, 0.2) is 0 Å². The molecule has 0 aliphatic heterocycles. The number of hydrogen-bond donors (Lipinski definition) is 1. The van der Waals surface area contributed by atoms with Gasteiger partial charge in [0.1, 0.15) is 0 Å². The second kappa shape index (κ2) is 4.25. The summed E-state index contributed by atoms with van der Waals surface area (Å²) < 4.78 is 0. The Kier molecular flexibility index (Phi) is 3.15. The SMILES string of the molecule is O[c-]1c2ccccc2c2ccccc21.[Yb]. The molecular formula is C13H9OYb-. The van der Waals surface area contributed by atoms with Crippen LogP contribution in [0.3, 0.4) is 0 Å². The molecule has 2 heteroatoms. The smallest absolute Gasteiger partial charge is 0.0487 e. The third-order valence-electron chi connectivity index (χ3n) is 2.65. The summed E-state index contributed by atoms with van der Waals surface area (Å²) in [4.78, 5) is 0. The minimum Gasteiger partial charge on any atom is -0.543 e. The Morgan fingerprint density at radius 2 is 1.13 bits per heavy atom. The summed E-state index contributed by atoms with van der Waals surface area (Å²) in [5.41, 5.74) is 0. The molecular weight excluding hydrogens is 345 g/mol. The Morgan fingerprint density at radius 1 is 0.733 bits per heavy atom. The minimum absolute atomic E-state index is 0. The minimum atomic E-state index is 0. The predicted molar refractivity (Wildman–Crippen MR) is 58.7 cm³/mol. The molecule has 1 nitrogen and oxygen atoms in total. The maximum Gasteiger partial charge on any atom is 0.0487 e. The van der Waals surface area contributed by atoms with Gasteiger partial charge in [0.05, 0.1) is 0 Å². The second-order valence-electron chi connectivity index (χ2n) is 3.44. The predicted octanol–water partition coefficient (Wildman–Crippen LogP) is 3.42. The second-order valence-corrected chi connectivity index (χ2v) is 3.44. The number of fused-ring (bicyclic) bond motifs is 3. The number of rotatable bonds is 0. The molecule has 0 aromatic heterocycles. The molecule has 15 heavy (non-hydrogen) atoms. The summed E-state index contributed by atoms with van der Waals surface area (Å²) in [6.45, 7) is 0. The van der Waals surface area contributed by atoms with Crippen LogP contribution in [0.4, 0.5) is 0 Å². The van der Waals surface area contributed by atoms with Crippen LogP contribution in [0.15, 0.2) is 48.5 Å². The number of aromatic hydroxyl groups is 1. The van der Waals surface area contributed by atoms with E-state index in [1.807, 2.05) is 48.5 Å². The van der Waals surface area contributed by atoms with Gasteiger partial charge in [0, 0.05) is 52.7 Å². The molecule has 0 saturated carbocycles. The molecule has 3 aromatic carbocycles. The summed E-state index contributed by atoms with van der Waals surface area (Å²) in [6.07, 6.45) is 0. The molecule has 0 unspecified atom stereocenters. The quantitative estimate of drug-likeness (QED) is 0.614. The van der Waals surface area contributed by atoms with Gasteiger partial charge in [-0.3, -0.25) is 0 Å². The first-order valence-corrected chi connectivity index (χ1v) is 4.63. The van der Waals surface area contributed by atoms with Gasteiger partial charge < -0.3 is 5.11 Å². The van der Waals surface area contributed by atoms with E-state index >= 15 is 0 Å². The summed E-state index contributed by atoms with van der Waals surface area (Å²) >= 11 is 0. The number of benzene rings is 2.